The number of hydrogen-bond donors (Lipinski definition) is 1. The number of ether oxygens (including phenoxy) is 1. The summed E-state index contributed by atoms with van der Waals surface area (Å²) in [4.78, 5) is 21.1. The van der Waals surface area contributed by atoms with Gasteiger partial charge in [0.15, 0.2) is 27.4 Å². The molecule has 1 N–H and O–H groups in total. The van der Waals surface area contributed by atoms with Crippen molar-refractivity contribution in [1.82, 2.24) is 25.1 Å². The molecule has 190 valence electrons. The molecule has 1 saturated heterocycles. The molecular weight excluding hydrogens is 500 g/mol. The van der Waals surface area contributed by atoms with Crippen LogP contribution in [-0.2, 0) is 16.8 Å². The summed E-state index contributed by atoms with van der Waals surface area (Å²) in [6.07, 6.45) is 3.62. The van der Waals surface area contributed by atoms with Gasteiger partial charge in [0.05, 0.1) is 17.6 Å². The van der Waals surface area contributed by atoms with E-state index in [1.807, 2.05) is 24.3 Å². The molecule has 36 heavy (non-hydrogen) atoms. The Morgan fingerprint density at radius 3 is 2.58 bits per heavy atom. The summed E-state index contributed by atoms with van der Waals surface area (Å²) in [6.45, 7) is 7.88. The molecule has 0 spiro atoms. The van der Waals surface area contributed by atoms with Crippen molar-refractivity contribution in [2.45, 2.75) is 51.4 Å². The standard InChI is InChI=1S/C24H28N6O4S2/c1-14(2)20-27-23(34-29-20)30-10-8-17(9-11-30)15(3)33-24-28-21-22(35-24)26-19(12-25-21)18-6-4-16(5-7-18)13-36(31)32/h4-7,12,14-15,17H,8-11,13H2,1-3H3,(H,31,32). The van der Waals surface area contributed by atoms with Crippen LogP contribution in [0.3, 0.4) is 0 Å². The summed E-state index contributed by atoms with van der Waals surface area (Å²) in [5, 5.41) is 4.64. The SMILES string of the molecule is CC(C)c1noc(N2CCC(C(C)Oc3nc4ncc(-c5ccc(CS(=O)O)cc5)nc4s3)CC2)n1. The van der Waals surface area contributed by atoms with Crippen LogP contribution in [0.2, 0.25) is 0 Å². The lowest BCUT2D eigenvalue weighted by atomic mass is 9.92. The van der Waals surface area contributed by atoms with Gasteiger partial charge in [0.25, 0.3) is 5.19 Å². The third-order valence-corrected chi connectivity index (χ3v) is 7.76. The molecule has 1 fully saturated rings. The van der Waals surface area contributed by atoms with E-state index in [1.54, 1.807) is 6.20 Å². The fourth-order valence-electron chi connectivity index (χ4n) is 4.21. The van der Waals surface area contributed by atoms with E-state index in [4.69, 9.17) is 18.8 Å². The first kappa shape index (κ1) is 24.7. The third-order valence-electron chi connectivity index (χ3n) is 6.35. The highest BCUT2D eigenvalue weighted by atomic mass is 32.2. The highest BCUT2D eigenvalue weighted by Crippen LogP contribution is 2.31. The Bertz CT molecular complexity index is 1350. The summed E-state index contributed by atoms with van der Waals surface area (Å²) in [7, 11) is 0. The molecule has 0 radical (unpaired) electrons. The molecule has 3 aromatic heterocycles. The molecular formula is C24H28N6O4S2. The Labute approximate surface area is 215 Å². The van der Waals surface area contributed by atoms with Crippen LogP contribution in [0.4, 0.5) is 6.01 Å². The van der Waals surface area contributed by atoms with Crippen LogP contribution in [0.25, 0.3) is 21.7 Å². The van der Waals surface area contributed by atoms with Crippen LogP contribution in [0.5, 0.6) is 5.19 Å². The van der Waals surface area contributed by atoms with Crippen molar-refractivity contribution in [3.05, 3.63) is 41.9 Å². The number of aromatic nitrogens is 5. The Hall–Kier alpha value is -2.96. The van der Waals surface area contributed by atoms with Crippen molar-refractivity contribution >= 4 is 38.9 Å². The van der Waals surface area contributed by atoms with Gasteiger partial charge < -0.3 is 18.7 Å². The largest absolute Gasteiger partial charge is 0.467 e. The maximum atomic E-state index is 11.0. The molecule has 4 heterocycles. The monoisotopic (exact) mass is 528 g/mol. The topological polar surface area (TPSA) is 127 Å². The van der Waals surface area contributed by atoms with Gasteiger partial charge in [0.2, 0.25) is 0 Å². The van der Waals surface area contributed by atoms with Crippen LogP contribution in [-0.4, -0.2) is 53.0 Å². The van der Waals surface area contributed by atoms with Gasteiger partial charge in [-0.25, -0.2) is 14.2 Å². The van der Waals surface area contributed by atoms with E-state index in [1.165, 1.54) is 11.3 Å². The van der Waals surface area contributed by atoms with E-state index >= 15 is 0 Å². The fraction of sp³-hybridized carbons (Fsp3) is 0.458. The minimum atomic E-state index is -1.86. The highest BCUT2D eigenvalue weighted by molar-refractivity contribution is 7.78. The van der Waals surface area contributed by atoms with Crippen molar-refractivity contribution in [3.63, 3.8) is 0 Å². The number of nitrogens with zero attached hydrogens (tertiary/aromatic N) is 6. The minimum absolute atomic E-state index is 0.00529. The summed E-state index contributed by atoms with van der Waals surface area (Å²) < 4.78 is 31.7. The summed E-state index contributed by atoms with van der Waals surface area (Å²) in [5.74, 6) is 1.48. The van der Waals surface area contributed by atoms with Gasteiger partial charge in [-0.1, -0.05) is 54.6 Å². The summed E-state index contributed by atoms with van der Waals surface area (Å²) in [5.41, 5.74) is 2.95. The van der Waals surface area contributed by atoms with Crippen LogP contribution < -0.4 is 9.64 Å². The summed E-state index contributed by atoms with van der Waals surface area (Å²) >= 11 is -0.474. The van der Waals surface area contributed by atoms with Gasteiger partial charge in [0.1, 0.15) is 6.10 Å². The Balaban J connectivity index is 1.21. The van der Waals surface area contributed by atoms with Crippen LogP contribution in [0.15, 0.2) is 35.0 Å². The second-order valence-corrected chi connectivity index (χ2v) is 11.1. The third kappa shape index (κ3) is 5.55. The van der Waals surface area contributed by atoms with E-state index < -0.39 is 11.1 Å². The van der Waals surface area contributed by atoms with E-state index in [-0.39, 0.29) is 17.8 Å². The number of rotatable bonds is 8. The first-order valence-corrected chi connectivity index (χ1v) is 14.0. The Kier molecular flexibility index (Phi) is 7.26. The molecule has 0 aliphatic carbocycles. The van der Waals surface area contributed by atoms with E-state index in [0.717, 1.165) is 48.6 Å². The van der Waals surface area contributed by atoms with Crippen molar-refractivity contribution in [2.24, 2.45) is 5.92 Å². The molecule has 5 rings (SSSR count). The maximum Gasteiger partial charge on any atom is 0.324 e. The van der Waals surface area contributed by atoms with Gasteiger partial charge >= 0.3 is 6.01 Å². The average molecular weight is 529 g/mol. The van der Waals surface area contributed by atoms with Gasteiger partial charge in [-0.05, 0) is 31.2 Å². The van der Waals surface area contributed by atoms with Crippen LogP contribution in [0.1, 0.15) is 50.9 Å². The smallest absolute Gasteiger partial charge is 0.324 e. The zero-order valence-electron chi connectivity index (χ0n) is 20.3. The fourth-order valence-corrected chi connectivity index (χ4v) is 5.52. The molecule has 1 aliphatic heterocycles. The van der Waals surface area contributed by atoms with E-state index in [9.17, 15) is 4.21 Å². The molecule has 0 bridgehead atoms. The highest BCUT2D eigenvalue weighted by Gasteiger charge is 2.28. The molecule has 2 unspecified atom stereocenters. The van der Waals surface area contributed by atoms with Gasteiger partial charge in [-0.2, -0.15) is 9.97 Å². The first-order chi connectivity index (χ1) is 17.4. The Morgan fingerprint density at radius 2 is 1.92 bits per heavy atom. The molecule has 0 saturated carbocycles. The van der Waals surface area contributed by atoms with Crippen LogP contribution >= 0.6 is 11.3 Å². The van der Waals surface area contributed by atoms with Crippen molar-refractivity contribution in [2.75, 3.05) is 18.0 Å². The number of anilines is 1. The summed E-state index contributed by atoms with van der Waals surface area (Å²) in [6, 6.07) is 8.00. The second kappa shape index (κ2) is 10.6. The van der Waals surface area contributed by atoms with Gasteiger partial charge in [-0.3, -0.25) is 0 Å². The van der Waals surface area contributed by atoms with E-state index in [2.05, 4.69) is 45.8 Å². The molecule has 0 amide bonds. The second-order valence-electron chi connectivity index (χ2n) is 9.26. The maximum absolute atomic E-state index is 11.0. The number of hydrogen-bond acceptors (Lipinski definition) is 10. The Morgan fingerprint density at radius 1 is 1.17 bits per heavy atom. The van der Waals surface area contributed by atoms with Crippen LogP contribution in [0, 0.1) is 5.92 Å². The first-order valence-electron chi connectivity index (χ1n) is 11.9. The number of piperidine rings is 1. The minimum Gasteiger partial charge on any atom is -0.467 e. The predicted octanol–water partition coefficient (Wildman–Crippen LogP) is 4.67. The number of fused-ring (bicyclic) bond motifs is 1. The molecule has 2 atom stereocenters. The lowest BCUT2D eigenvalue weighted by molar-refractivity contribution is 0.131. The van der Waals surface area contributed by atoms with Gasteiger partial charge in [0, 0.05) is 24.6 Å². The predicted molar refractivity (Wildman–Crippen MR) is 139 cm³/mol. The average Bonchev–Trinajstić information content (AvgIpc) is 3.51. The van der Waals surface area contributed by atoms with Gasteiger partial charge in [-0.15, -0.1) is 0 Å². The molecule has 4 aromatic rings. The molecule has 1 aliphatic rings. The molecule has 10 nitrogen and oxygen atoms in total. The lowest BCUT2D eigenvalue weighted by Gasteiger charge is -2.33. The molecule has 1 aromatic carbocycles. The number of thiazole rings is 1. The number of benzene rings is 1. The lowest BCUT2D eigenvalue weighted by Crippen LogP contribution is -2.38. The molecule has 12 heteroatoms. The van der Waals surface area contributed by atoms with Crippen molar-refractivity contribution < 1.29 is 18.0 Å². The van der Waals surface area contributed by atoms with Crippen molar-refractivity contribution in [3.8, 4) is 16.5 Å². The zero-order valence-corrected chi connectivity index (χ0v) is 22.0. The van der Waals surface area contributed by atoms with Crippen molar-refractivity contribution in [1.29, 1.82) is 0 Å². The normalized spacial score (nSPS) is 16.5. The van der Waals surface area contributed by atoms with E-state index in [0.29, 0.717) is 27.6 Å². The zero-order chi connectivity index (χ0) is 25.2. The quantitative estimate of drug-likeness (QED) is 0.322.